The number of aryl methyl sites for hydroxylation is 1. The maximum atomic E-state index is 12.8. The van der Waals surface area contributed by atoms with E-state index in [1.807, 2.05) is 36.2 Å². The van der Waals surface area contributed by atoms with Crippen molar-refractivity contribution in [2.24, 2.45) is 0 Å². The highest BCUT2D eigenvalue weighted by atomic mass is 16.5. The number of methoxy groups -OCH3 is 1. The highest BCUT2D eigenvalue weighted by molar-refractivity contribution is 5.94. The van der Waals surface area contributed by atoms with Crippen LogP contribution in [0.5, 0.6) is 5.75 Å². The molecule has 0 saturated carbocycles. The second-order valence-corrected chi connectivity index (χ2v) is 6.36. The van der Waals surface area contributed by atoms with Gasteiger partial charge in [-0.25, -0.2) is 9.97 Å². The van der Waals surface area contributed by atoms with Crippen LogP contribution in [0.3, 0.4) is 0 Å². The van der Waals surface area contributed by atoms with Gasteiger partial charge in [0.05, 0.1) is 7.11 Å². The van der Waals surface area contributed by atoms with Gasteiger partial charge in [-0.3, -0.25) is 4.79 Å². The molecule has 1 amide bonds. The van der Waals surface area contributed by atoms with E-state index < -0.39 is 0 Å². The van der Waals surface area contributed by atoms with Gasteiger partial charge in [-0.1, -0.05) is 6.07 Å². The average Bonchev–Trinajstić information content (AvgIpc) is 2.65. The van der Waals surface area contributed by atoms with Gasteiger partial charge in [-0.2, -0.15) is 0 Å². The lowest BCUT2D eigenvalue weighted by atomic mass is 10.0. The molecule has 5 nitrogen and oxygen atoms in total. The van der Waals surface area contributed by atoms with Crippen LogP contribution >= 0.6 is 0 Å². The summed E-state index contributed by atoms with van der Waals surface area (Å²) in [6.07, 6.45) is 2.58. The molecule has 0 bridgehead atoms. The molecule has 1 aliphatic rings. The normalized spacial score (nSPS) is 13.6. The van der Waals surface area contributed by atoms with Crippen molar-refractivity contribution in [1.29, 1.82) is 0 Å². The van der Waals surface area contributed by atoms with Crippen LogP contribution in [0.15, 0.2) is 42.6 Å². The van der Waals surface area contributed by atoms with Crippen molar-refractivity contribution in [3.05, 3.63) is 65.0 Å². The Morgan fingerprint density at radius 3 is 2.96 bits per heavy atom. The van der Waals surface area contributed by atoms with E-state index in [0.29, 0.717) is 24.4 Å². The zero-order valence-corrected chi connectivity index (χ0v) is 14.3. The Morgan fingerprint density at radius 2 is 2.12 bits per heavy atom. The number of amides is 1. The number of nitrogens with zero attached hydrogens (tertiary/aromatic N) is 3. The fourth-order valence-corrected chi connectivity index (χ4v) is 3.25. The van der Waals surface area contributed by atoms with E-state index in [4.69, 9.17) is 4.74 Å². The van der Waals surface area contributed by atoms with Gasteiger partial charge in [-0.05, 0) is 48.4 Å². The number of ether oxygens (including phenoxy) is 1. The van der Waals surface area contributed by atoms with Crippen LogP contribution in [0.1, 0.15) is 27.2 Å². The molecule has 0 saturated heterocycles. The lowest BCUT2D eigenvalue weighted by Crippen LogP contribution is -2.36. The molecule has 0 unspecified atom stereocenters. The Morgan fingerprint density at radius 1 is 1.24 bits per heavy atom. The van der Waals surface area contributed by atoms with Crippen molar-refractivity contribution in [3.63, 3.8) is 0 Å². The quantitative estimate of drug-likeness (QED) is 0.723. The average molecular weight is 333 g/mol. The second kappa shape index (κ2) is 6.16. The standard InChI is InChI=1S/C20H19N3O2/c1-13-8-15-9-16-12-23(7-6-18(16)22-19(15)21-11-13)20(24)14-4-3-5-17(10-14)25-2/h3-5,8-11H,6-7,12H2,1-2H3. The summed E-state index contributed by atoms with van der Waals surface area (Å²) in [6.45, 7) is 3.25. The predicted molar refractivity (Wildman–Crippen MR) is 95.7 cm³/mol. The van der Waals surface area contributed by atoms with Crippen molar-refractivity contribution < 1.29 is 9.53 Å². The van der Waals surface area contributed by atoms with Crippen LogP contribution in [0.25, 0.3) is 11.0 Å². The summed E-state index contributed by atoms with van der Waals surface area (Å²) in [5, 5.41) is 1.02. The molecular weight excluding hydrogens is 314 g/mol. The molecular formula is C20H19N3O2. The summed E-state index contributed by atoms with van der Waals surface area (Å²) in [6, 6.07) is 11.5. The van der Waals surface area contributed by atoms with Crippen LogP contribution < -0.4 is 4.74 Å². The van der Waals surface area contributed by atoms with Gasteiger partial charge in [0.25, 0.3) is 5.91 Å². The highest BCUT2D eigenvalue weighted by Crippen LogP contribution is 2.24. The smallest absolute Gasteiger partial charge is 0.254 e. The number of carbonyl (C=O) groups excluding carboxylic acids is 1. The zero-order chi connectivity index (χ0) is 17.4. The summed E-state index contributed by atoms with van der Waals surface area (Å²) >= 11 is 0. The largest absolute Gasteiger partial charge is 0.497 e. The molecule has 126 valence electrons. The van der Waals surface area contributed by atoms with Gasteiger partial charge in [0.2, 0.25) is 0 Å². The van der Waals surface area contributed by atoms with Crippen molar-refractivity contribution in [2.45, 2.75) is 19.9 Å². The third-order valence-electron chi connectivity index (χ3n) is 4.56. The third kappa shape index (κ3) is 2.93. The number of pyridine rings is 2. The molecule has 5 heteroatoms. The zero-order valence-electron chi connectivity index (χ0n) is 14.3. The molecule has 1 aromatic carbocycles. The lowest BCUT2D eigenvalue weighted by molar-refractivity contribution is 0.0733. The third-order valence-corrected chi connectivity index (χ3v) is 4.56. The molecule has 3 aromatic rings. The molecule has 0 fully saturated rings. The maximum Gasteiger partial charge on any atom is 0.254 e. The minimum Gasteiger partial charge on any atom is -0.497 e. The van der Waals surface area contributed by atoms with E-state index in [0.717, 1.165) is 34.3 Å². The van der Waals surface area contributed by atoms with Crippen LogP contribution in [-0.2, 0) is 13.0 Å². The fourth-order valence-electron chi connectivity index (χ4n) is 3.25. The topological polar surface area (TPSA) is 55.3 Å². The molecule has 25 heavy (non-hydrogen) atoms. The number of carbonyl (C=O) groups is 1. The number of hydrogen-bond donors (Lipinski definition) is 0. The van der Waals surface area contributed by atoms with Crippen molar-refractivity contribution in [2.75, 3.05) is 13.7 Å². The summed E-state index contributed by atoms with van der Waals surface area (Å²) in [7, 11) is 1.60. The first-order chi connectivity index (χ1) is 12.1. The van der Waals surface area contributed by atoms with Crippen LogP contribution in [0.4, 0.5) is 0 Å². The molecule has 0 aliphatic carbocycles. The molecule has 3 heterocycles. The fraction of sp³-hybridized carbons (Fsp3) is 0.250. The first-order valence-electron chi connectivity index (χ1n) is 8.32. The minimum absolute atomic E-state index is 0.0204. The van der Waals surface area contributed by atoms with Crippen LogP contribution in [-0.4, -0.2) is 34.4 Å². The van der Waals surface area contributed by atoms with Crippen molar-refractivity contribution >= 4 is 16.9 Å². The number of aromatic nitrogens is 2. The van der Waals surface area contributed by atoms with E-state index >= 15 is 0 Å². The van der Waals surface area contributed by atoms with Gasteiger partial charge >= 0.3 is 0 Å². The van der Waals surface area contributed by atoms with Gasteiger partial charge in [0.15, 0.2) is 5.65 Å². The van der Waals surface area contributed by atoms with Crippen LogP contribution in [0, 0.1) is 6.92 Å². The summed E-state index contributed by atoms with van der Waals surface area (Å²) in [4.78, 5) is 23.8. The van der Waals surface area contributed by atoms with E-state index in [1.165, 1.54) is 0 Å². The van der Waals surface area contributed by atoms with Crippen molar-refractivity contribution in [3.8, 4) is 5.75 Å². The Hall–Kier alpha value is -2.95. The SMILES string of the molecule is COc1cccc(C(=O)N2CCc3nc4ncc(C)cc4cc3C2)c1. The number of hydrogen-bond acceptors (Lipinski definition) is 4. The van der Waals surface area contributed by atoms with Gasteiger partial charge in [-0.15, -0.1) is 0 Å². The number of benzene rings is 1. The van der Waals surface area contributed by atoms with E-state index in [9.17, 15) is 4.79 Å². The molecule has 2 aromatic heterocycles. The molecule has 0 atom stereocenters. The lowest BCUT2D eigenvalue weighted by Gasteiger charge is -2.28. The molecule has 0 radical (unpaired) electrons. The highest BCUT2D eigenvalue weighted by Gasteiger charge is 2.23. The number of fused-ring (bicyclic) bond motifs is 2. The van der Waals surface area contributed by atoms with E-state index in [2.05, 4.69) is 22.1 Å². The maximum absolute atomic E-state index is 12.8. The van der Waals surface area contributed by atoms with Gasteiger partial charge < -0.3 is 9.64 Å². The first-order valence-corrected chi connectivity index (χ1v) is 8.32. The summed E-state index contributed by atoms with van der Waals surface area (Å²) in [5.41, 5.74) is 4.67. The monoisotopic (exact) mass is 333 g/mol. The van der Waals surface area contributed by atoms with E-state index in [1.54, 1.807) is 13.2 Å². The molecule has 0 spiro atoms. The van der Waals surface area contributed by atoms with Gasteiger partial charge in [0.1, 0.15) is 5.75 Å². The Balaban J connectivity index is 1.64. The molecule has 4 rings (SSSR count). The number of rotatable bonds is 2. The summed E-state index contributed by atoms with van der Waals surface area (Å²) < 4.78 is 5.22. The Kier molecular flexibility index (Phi) is 3.84. The van der Waals surface area contributed by atoms with E-state index in [-0.39, 0.29) is 5.91 Å². The first kappa shape index (κ1) is 15.6. The minimum atomic E-state index is 0.0204. The van der Waals surface area contributed by atoms with Crippen LogP contribution in [0.2, 0.25) is 0 Å². The summed E-state index contributed by atoms with van der Waals surface area (Å²) in [5.74, 6) is 0.712. The second-order valence-electron chi connectivity index (χ2n) is 6.36. The van der Waals surface area contributed by atoms with Crippen molar-refractivity contribution in [1.82, 2.24) is 14.9 Å². The Bertz CT molecular complexity index is 968. The van der Waals surface area contributed by atoms with Gasteiger partial charge in [0, 0.05) is 42.4 Å². The Labute approximate surface area is 146 Å². The predicted octanol–water partition coefficient (Wildman–Crippen LogP) is 3.15. The molecule has 0 N–H and O–H groups in total. The molecule has 1 aliphatic heterocycles.